The zero-order chi connectivity index (χ0) is 17.4. The van der Waals surface area contributed by atoms with Crippen molar-refractivity contribution in [2.24, 2.45) is 0 Å². The van der Waals surface area contributed by atoms with Gasteiger partial charge in [-0.15, -0.1) is 5.10 Å². The van der Waals surface area contributed by atoms with Crippen LogP contribution in [0.15, 0.2) is 12.3 Å². The number of aromatic nitrogens is 3. The van der Waals surface area contributed by atoms with E-state index in [0.29, 0.717) is 31.1 Å². The fraction of sp³-hybridized carbons (Fsp3) is 0.667. The number of anilines is 1. The zero-order valence-electron chi connectivity index (χ0n) is 14.5. The van der Waals surface area contributed by atoms with E-state index in [1.807, 2.05) is 0 Å². The second-order valence-corrected chi connectivity index (χ2v) is 7.28. The van der Waals surface area contributed by atoms with Crippen LogP contribution in [0, 0.1) is 5.82 Å². The number of nitrogens with zero attached hydrogens (tertiary/aromatic N) is 3. The summed E-state index contributed by atoms with van der Waals surface area (Å²) >= 11 is 0. The van der Waals surface area contributed by atoms with Gasteiger partial charge in [0, 0.05) is 12.0 Å². The molecular formula is C18H25FN4O2. The van der Waals surface area contributed by atoms with Crippen LogP contribution in [0.4, 0.5) is 10.3 Å². The van der Waals surface area contributed by atoms with Crippen LogP contribution in [0.3, 0.4) is 0 Å². The van der Waals surface area contributed by atoms with Crippen molar-refractivity contribution in [3.05, 3.63) is 23.8 Å². The fourth-order valence-corrected chi connectivity index (χ4v) is 4.30. The number of ether oxygens (including phenoxy) is 1. The molecule has 3 heterocycles. The maximum atomic E-state index is 14.4. The second-order valence-electron chi connectivity index (χ2n) is 7.28. The van der Waals surface area contributed by atoms with E-state index in [4.69, 9.17) is 4.74 Å². The molecule has 1 aliphatic heterocycles. The van der Waals surface area contributed by atoms with E-state index in [1.54, 1.807) is 10.6 Å². The summed E-state index contributed by atoms with van der Waals surface area (Å²) in [6.07, 6.45) is 7.09. The molecule has 1 aliphatic carbocycles. The first-order chi connectivity index (χ1) is 12.1. The van der Waals surface area contributed by atoms with Crippen LogP contribution in [-0.2, 0) is 10.2 Å². The highest BCUT2D eigenvalue weighted by molar-refractivity contribution is 5.51. The molecule has 0 bridgehead atoms. The predicted octanol–water partition coefficient (Wildman–Crippen LogP) is 2.65. The minimum Gasteiger partial charge on any atom is -0.389 e. The Balaban J connectivity index is 1.70. The van der Waals surface area contributed by atoms with Crippen LogP contribution in [0.5, 0.6) is 0 Å². The highest BCUT2D eigenvalue weighted by Gasteiger charge is 2.37. The summed E-state index contributed by atoms with van der Waals surface area (Å²) in [6, 6.07) is 1.48. The molecule has 2 N–H and O–H groups in total. The monoisotopic (exact) mass is 348 g/mol. The van der Waals surface area contributed by atoms with Crippen molar-refractivity contribution < 1.29 is 14.2 Å². The minimum absolute atomic E-state index is 0.00290. The van der Waals surface area contributed by atoms with Gasteiger partial charge in [-0.3, -0.25) is 0 Å². The van der Waals surface area contributed by atoms with E-state index < -0.39 is 6.10 Å². The molecule has 1 saturated carbocycles. The largest absolute Gasteiger partial charge is 0.389 e. The van der Waals surface area contributed by atoms with Crippen molar-refractivity contribution in [3.8, 4) is 0 Å². The van der Waals surface area contributed by atoms with Gasteiger partial charge in [-0.1, -0.05) is 19.8 Å². The molecule has 2 aliphatic rings. The van der Waals surface area contributed by atoms with E-state index in [2.05, 4.69) is 22.3 Å². The predicted molar refractivity (Wildman–Crippen MR) is 92.2 cm³/mol. The molecule has 2 fully saturated rings. The molecule has 0 radical (unpaired) electrons. The Morgan fingerprint density at radius 2 is 2.24 bits per heavy atom. The highest BCUT2D eigenvalue weighted by atomic mass is 19.1. The van der Waals surface area contributed by atoms with E-state index in [-0.39, 0.29) is 17.3 Å². The lowest BCUT2D eigenvalue weighted by molar-refractivity contribution is -0.0136. The number of aliphatic hydroxyl groups excluding tert-OH is 1. The summed E-state index contributed by atoms with van der Waals surface area (Å²) in [5, 5.41) is 17.8. The zero-order valence-corrected chi connectivity index (χ0v) is 14.5. The Bertz CT molecular complexity index is 757. The number of hydrogen-bond donors (Lipinski definition) is 2. The Labute approximate surface area is 146 Å². The molecule has 6 nitrogen and oxygen atoms in total. The summed E-state index contributed by atoms with van der Waals surface area (Å²) in [6.45, 7) is 3.07. The summed E-state index contributed by atoms with van der Waals surface area (Å²) < 4.78 is 21.4. The lowest BCUT2D eigenvalue weighted by atomic mass is 9.80. The molecule has 4 rings (SSSR count). The highest BCUT2D eigenvalue weighted by Crippen LogP contribution is 2.44. The van der Waals surface area contributed by atoms with Crippen molar-refractivity contribution in [2.75, 3.05) is 18.5 Å². The molecule has 7 heteroatoms. The molecule has 136 valence electrons. The molecule has 0 amide bonds. The van der Waals surface area contributed by atoms with E-state index in [0.717, 1.165) is 25.0 Å². The number of nitrogens with one attached hydrogen (secondary N) is 1. The van der Waals surface area contributed by atoms with Gasteiger partial charge < -0.3 is 15.2 Å². The number of aliphatic hydroxyl groups is 1. The van der Waals surface area contributed by atoms with Crippen molar-refractivity contribution >= 4 is 11.5 Å². The summed E-state index contributed by atoms with van der Waals surface area (Å²) in [5.41, 5.74) is 1.35. The Morgan fingerprint density at radius 3 is 2.96 bits per heavy atom. The molecule has 1 saturated heterocycles. The second kappa shape index (κ2) is 6.53. The van der Waals surface area contributed by atoms with Crippen molar-refractivity contribution in [3.63, 3.8) is 0 Å². The number of halogens is 1. The molecular weight excluding hydrogens is 323 g/mol. The van der Waals surface area contributed by atoms with Crippen LogP contribution >= 0.6 is 0 Å². The van der Waals surface area contributed by atoms with E-state index in [9.17, 15) is 9.50 Å². The van der Waals surface area contributed by atoms with Gasteiger partial charge in [-0.25, -0.2) is 13.9 Å². The first kappa shape index (κ1) is 16.7. The van der Waals surface area contributed by atoms with Gasteiger partial charge in [0.2, 0.25) is 5.95 Å². The van der Waals surface area contributed by atoms with Crippen LogP contribution in [-0.4, -0.2) is 45.1 Å². The maximum absolute atomic E-state index is 14.4. The summed E-state index contributed by atoms with van der Waals surface area (Å²) in [5.74, 6) is 0.145. The number of hydrogen-bond acceptors (Lipinski definition) is 5. The van der Waals surface area contributed by atoms with Crippen LogP contribution < -0.4 is 5.32 Å². The average molecular weight is 348 g/mol. The van der Waals surface area contributed by atoms with Crippen molar-refractivity contribution in [1.29, 1.82) is 0 Å². The first-order valence-corrected chi connectivity index (χ1v) is 9.20. The summed E-state index contributed by atoms with van der Waals surface area (Å²) in [7, 11) is 0. The average Bonchev–Trinajstić information content (AvgIpc) is 3.23. The number of rotatable bonds is 4. The lowest BCUT2D eigenvalue weighted by Crippen LogP contribution is -2.42. The minimum atomic E-state index is -0.592. The molecule has 0 unspecified atom stereocenters. The van der Waals surface area contributed by atoms with E-state index in [1.165, 1.54) is 19.0 Å². The standard InChI is InChI=1S/C18H25FN4O2/c1-2-18(6-3-4-7-18)16-9-12(19)14-10-20-17(22-23(14)16)21-13-5-8-25-11-15(13)24/h9-10,13,15,24H,2-8,11H2,1H3,(H,21,22)/t13-,15-/m1/s1. The van der Waals surface area contributed by atoms with Crippen LogP contribution in [0.25, 0.3) is 5.52 Å². The van der Waals surface area contributed by atoms with Crippen LogP contribution in [0.1, 0.15) is 51.1 Å². The summed E-state index contributed by atoms with van der Waals surface area (Å²) in [4.78, 5) is 4.25. The Hall–Kier alpha value is -1.73. The fourth-order valence-electron chi connectivity index (χ4n) is 4.30. The molecule has 0 spiro atoms. The molecule has 2 atom stereocenters. The van der Waals surface area contributed by atoms with Crippen LogP contribution in [0.2, 0.25) is 0 Å². The van der Waals surface area contributed by atoms with Gasteiger partial charge in [0.25, 0.3) is 0 Å². The van der Waals surface area contributed by atoms with Gasteiger partial charge >= 0.3 is 0 Å². The third kappa shape index (κ3) is 2.89. The topological polar surface area (TPSA) is 71.7 Å². The van der Waals surface area contributed by atoms with E-state index >= 15 is 0 Å². The van der Waals surface area contributed by atoms with Gasteiger partial charge in [0.05, 0.1) is 30.6 Å². The third-order valence-corrected chi connectivity index (χ3v) is 5.89. The maximum Gasteiger partial charge on any atom is 0.241 e. The molecule has 2 aromatic heterocycles. The Morgan fingerprint density at radius 1 is 1.44 bits per heavy atom. The number of fused-ring (bicyclic) bond motifs is 1. The molecule has 0 aromatic carbocycles. The van der Waals surface area contributed by atoms with Gasteiger partial charge in [0.15, 0.2) is 5.82 Å². The normalized spacial score (nSPS) is 26.2. The first-order valence-electron chi connectivity index (χ1n) is 9.20. The van der Waals surface area contributed by atoms with Crippen molar-refractivity contribution in [1.82, 2.24) is 14.6 Å². The molecule has 2 aromatic rings. The quantitative estimate of drug-likeness (QED) is 0.889. The van der Waals surface area contributed by atoms with Gasteiger partial charge in [0.1, 0.15) is 5.52 Å². The lowest BCUT2D eigenvalue weighted by Gasteiger charge is -2.29. The SMILES string of the molecule is CCC1(c2cc(F)c3cnc(N[C@@H]4CCOC[C@H]4O)nn23)CCCC1. The smallest absolute Gasteiger partial charge is 0.241 e. The Kier molecular flexibility index (Phi) is 4.37. The molecule has 25 heavy (non-hydrogen) atoms. The third-order valence-electron chi connectivity index (χ3n) is 5.89. The van der Waals surface area contributed by atoms with Crippen molar-refractivity contribution in [2.45, 2.75) is 63.0 Å². The van der Waals surface area contributed by atoms with Gasteiger partial charge in [-0.2, -0.15) is 0 Å². The van der Waals surface area contributed by atoms with Gasteiger partial charge in [-0.05, 0) is 31.7 Å².